The van der Waals surface area contributed by atoms with Gasteiger partial charge < -0.3 is 14.2 Å². The molecule has 58 heavy (non-hydrogen) atoms. The fourth-order valence-electron chi connectivity index (χ4n) is 7.76. The summed E-state index contributed by atoms with van der Waals surface area (Å²) in [4.78, 5) is 37.8. The van der Waals surface area contributed by atoms with Gasteiger partial charge in [-0.1, -0.05) is 241 Å². The van der Waals surface area contributed by atoms with Crippen molar-refractivity contribution >= 4 is 17.9 Å². The predicted molar refractivity (Wildman–Crippen MR) is 247 cm³/mol. The molecular formula is C52H100O6. The smallest absolute Gasteiger partial charge is 0.306 e. The number of hydrogen-bond donors (Lipinski definition) is 0. The van der Waals surface area contributed by atoms with Crippen molar-refractivity contribution in [2.75, 3.05) is 13.2 Å². The third kappa shape index (κ3) is 45.5. The van der Waals surface area contributed by atoms with Crippen LogP contribution in [0.5, 0.6) is 0 Å². The lowest BCUT2D eigenvalue weighted by Crippen LogP contribution is -2.30. The van der Waals surface area contributed by atoms with Crippen molar-refractivity contribution in [1.82, 2.24) is 0 Å². The zero-order valence-corrected chi connectivity index (χ0v) is 39.8. The van der Waals surface area contributed by atoms with Gasteiger partial charge in [0.25, 0.3) is 0 Å². The number of carbonyl (C=O) groups is 3. The van der Waals surface area contributed by atoms with Crippen LogP contribution >= 0.6 is 0 Å². The van der Waals surface area contributed by atoms with Crippen LogP contribution in [0.3, 0.4) is 0 Å². The molecule has 0 spiro atoms. The second kappa shape index (κ2) is 43.5. The number of ether oxygens (including phenoxy) is 3. The third-order valence-corrected chi connectivity index (χ3v) is 11.6. The Hall–Kier alpha value is -1.59. The van der Waals surface area contributed by atoms with Crippen LogP contribution in [0.15, 0.2) is 0 Å². The molecule has 0 bridgehead atoms. The summed E-state index contributed by atoms with van der Waals surface area (Å²) in [5.41, 5.74) is 0. The molecule has 0 amide bonds. The van der Waals surface area contributed by atoms with E-state index in [9.17, 15) is 14.4 Å². The standard InChI is InChI=1S/C52H100O6/c1-46(2)38-32-26-20-16-13-11-9-7-8-10-12-14-18-22-29-35-41-50(53)56-44-49(45-57-51(54)42-36-30-25-24-28-34-40-48(5)6)58-52(55)43-37-31-23-19-15-17-21-27-33-39-47(3)4/h46-49H,7-45H2,1-6H3/t49-/m1/s1. The monoisotopic (exact) mass is 821 g/mol. The van der Waals surface area contributed by atoms with Gasteiger partial charge in [-0.05, 0) is 37.0 Å². The Kier molecular flexibility index (Phi) is 42.3. The van der Waals surface area contributed by atoms with Crippen LogP contribution in [-0.4, -0.2) is 37.2 Å². The first-order valence-corrected chi connectivity index (χ1v) is 25.6. The van der Waals surface area contributed by atoms with Crippen molar-refractivity contribution < 1.29 is 28.6 Å². The quantitative estimate of drug-likeness (QED) is 0.0346. The van der Waals surface area contributed by atoms with E-state index in [4.69, 9.17) is 14.2 Å². The minimum atomic E-state index is -0.763. The summed E-state index contributed by atoms with van der Waals surface area (Å²) >= 11 is 0. The summed E-state index contributed by atoms with van der Waals surface area (Å²) in [6, 6.07) is 0. The van der Waals surface area contributed by atoms with Gasteiger partial charge in [0, 0.05) is 19.3 Å². The molecule has 0 rings (SSSR count). The van der Waals surface area contributed by atoms with E-state index in [2.05, 4.69) is 41.5 Å². The summed E-state index contributed by atoms with van der Waals surface area (Å²) in [5.74, 6) is 1.56. The second-order valence-corrected chi connectivity index (χ2v) is 19.2. The molecule has 0 aromatic rings. The number of rotatable bonds is 45. The van der Waals surface area contributed by atoms with Gasteiger partial charge in [0.1, 0.15) is 13.2 Å². The van der Waals surface area contributed by atoms with Gasteiger partial charge in [0.15, 0.2) is 6.10 Å². The molecule has 0 aliphatic carbocycles. The number of unbranched alkanes of at least 4 members (excludes halogenated alkanes) is 28. The molecule has 6 nitrogen and oxygen atoms in total. The Morgan fingerprint density at radius 2 is 0.500 bits per heavy atom. The average Bonchev–Trinajstić information content (AvgIpc) is 3.18. The van der Waals surface area contributed by atoms with E-state index in [-0.39, 0.29) is 31.1 Å². The van der Waals surface area contributed by atoms with Crippen LogP contribution in [0.25, 0.3) is 0 Å². The molecule has 344 valence electrons. The van der Waals surface area contributed by atoms with Crippen LogP contribution in [-0.2, 0) is 28.6 Å². The predicted octanol–water partition coefficient (Wildman–Crippen LogP) is 16.4. The summed E-state index contributed by atoms with van der Waals surface area (Å²) in [5, 5.41) is 0. The molecule has 0 aromatic heterocycles. The SMILES string of the molecule is CC(C)CCCCCCCCCCCCCCCCCCC(=O)OC[C@H](COC(=O)CCCCCCCCC(C)C)OC(=O)CCCCCCCCCCCC(C)C. The number of carbonyl (C=O) groups excluding carboxylic acids is 3. The van der Waals surface area contributed by atoms with Gasteiger partial charge in [-0.15, -0.1) is 0 Å². The minimum absolute atomic E-state index is 0.0656. The van der Waals surface area contributed by atoms with Crippen LogP contribution < -0.4 is 0 Å². The van der Waals surface area contributed by atoms with Crippen LogP contribution in [0, 0.1) is 17.8 Å². The van der Waals surface area contributed by atoms with E-state index >= 15 is 0 Å². The molecule has 0 heterocycles. The van der Waals surface area contributed by atoms with Crippen molar-refractivity contribution in [3.8, 4) is 0 Å². The first-order chi connectivity index (χ1) is 28.1. The summed E-state index contributed by atoms with van der Waals surface area (Å²) in [6.45, 7) is 13.6. The molecule has 0 saturated heterocycles. The first-order valence-electron chi connectivity index (χ1n) is 25.6. The molecule has 0 fully saturated rings. The van der Waals surface area contributed by atoms with Crippen LogP contribution in [0.1, 0.15) is 279 Å². The normalized spacial score (nSPS) is 12.2. The van der Waals surface area contributed by atoms with E-state index in [1.54, 1.807) is 0 Å². The maximum atomic E-state index is 12.7. The highest BCUT2D eigenvalue weighted by atomic mass is 16.6. The Bertz CT molecular complexity index is 898. The zero-order valence-electron chi connectivity index (χ0n) is 39.8. The largest absolute Gasteiger partial charge is 0.462 e. The van der Waals surface area contributed by atoms with E-state index in [1.807, 2.05) is 0 Å². The molecule has 0 aromatic carbocycles. The number of hydrogen-bond acceptors (Lipinski definition) is 6. The zero-order chi connectivity index (χ0) is 42.7. The highest BCUT2D eigenvalue weighted by molar-refractivity contribution is 5.71. The van der Waals surface area contributed by atoms with Gasteiger partial charge in [0.2, 0.25) is 0 Å². The van der Waals surface area contributed by atoms with Gasteiger partial charge in [-0.3, -0.25) is 14.4 Å². The molecule has 0 radical (unpaired) electrons. The van der Waals surface area contributed by atoms with Gasteiger partial charge in [-0.2, -0.15) is 0 Å². The summed E-state index contributed by atoms with van der Waals surface area (Å²) < 4.78 is 16.8. The average molecular weight is 821 g/mol. The summed E-state index contributed by atoms with van der Waals surface area (Å²) in [6.07, 6.45) is 42.5. The van der Waals surface area contributed by atoms with Crippen molar-refractivity contribution in [1.29, 1.82) is 0 Å². The lowest BCUT2D eigenvalue weighted by Gasteiger charge is -2.18. The fourth-order valence-corrected chi connectivity index (χ4v) is 7.76. The molecule has 0 aliphatic heterocycles. The fraction of sp³-hybridized carbons (Fsp3) is 0.942. The van der Waals surface area contributed by atoms with Gasteiger partial charge in [-0.25, -0.2) is 0 Å². The van der Waals surface area contributed by atoms with Crippen molar-refractivity contribution in [2.45, 2.75) is 285 Å². The van der Waals surface area contributed by atoms with E-state index < -0.39 is 6.10 Å². The third-order valence-electron chi connectivity index (χ3n) is 11.6. The van der Waals surface area contributed by atoms with Crippen molar-refractivity contribution in [2.24, 2.45) is 17.8 Å². The molecule has 0 aliphatic rings. The summed E-state index contributed by atoms with van der Waals surface area (Å²) in [7, 11) is 0. The highest BCUT2D eigenvalue weighted by Crippen LogP contribution is 2.17. The van der Waals surface area contributed by atoms with E-state index in [0.717, 1.165) is 75.5 Å². The molecular weight excluding hydrogens is 721 g/mol. The maximum Gasteiger partial charge on any atom is 0.306 e. The lowest BCUT2D eigenvalue weighted by atomic mass is 10.0. The van der Waals surface area contributed by atoms with E-state index in [1.165, 1.54) is 161 Å². The molecule has 1 atom stereocenters. The minimum Gasteiger partial charge on any atom is -0.462 e. The second-order valence-electron chi connectivity index (χ2n) is 19.2. The highest BCUT2D eigenvalue weighted by Gasteiger charge is 2.19. The van der Waals surface area contributed by atoms with E-state index in [0.29, 0.717) is 19.3 Å². The lowest BCUT2D eigenvalue weighted by molar-refractivity contribution is -0.167. The van der Waals surface area contributed by atoms with Crippen molar-refractivity contribution in [3.05, 3.63) is 0 Å². The topological polar surface area (TPSA) is 78.9 Å². The van der Waals surface area contributed by atoms with Gasteiger partial charge in [0.05, 0.1) is 0 Å². The van der Waals surface area contributed by atoms with Crippen molar-refractivity contribution in [3.63, 3.8) is 0 Å². The maximum absolute atomic E-state index is 12.7. The van der Waals surface area contributed by atoms with Gasteiger partial charge >= 0.3 is 17.9 Å². The number of esters is 3. The Morgan fingerprint density at radius 3 is 0.741 bits per heavy atom. The molecule has 6 heteroatoms. The molecule has 0 unspecified atom stereocenters. The molecule has 0 saturated carbocycles. The Balaban J connectivity index is 4.22. The Morgan fingerprint density at radius 1 is 0.293 bits per heavy atom. The Labute approximate surface area is 361 Å². The molecule has 0 N–H and O–H groups in total. The van der Waals surface area contributed by atoms with Crippen LogP contribution in [0.4, 0.5) is 0 Å². The first kappa shape index (κ1) is 56.4. The van der Waals surface area contributed by atoms with Crippen LogP contribution in [0.2, 0.25) is 0 Å².